The minimum atomic E-state index is -0.789. The van der Waals surface area contributed by atoms with E-state index < -0.39 is 5.97 Å². The highest BCUT2D eigenvalue weighted by Gasteiger charge is 2.35. The van der Waals surface area contributed by atoms with Crippen molar-refractivity contribution in [3.8, 4) is 0 Å². The molecule has 0 spiro atoms. The molecule has 2 aromatic rings. The number of rotatable bonds is 3. The molecule has 0 bridgehead atoms. The summed E-state index contributed by atoms with van der Waals surface area (Å²) in [6, 6.07) is 9.29. The monoisotopic (exact) mass is 284 g/mol. The topological polar surface area (TPSA) is 79.3 Å². The predicted octanol–water partition coefficient (Wildman–Crippen LogP) is 2.14. The van der Waals surface area contributed by atoms with E-state index in [-0.39, 0.29) is 17.9 Å². The van der Waals surface area contributed by atoms with E-state index in [0.717, 1.165) is 11.1 Å². The summed E-state index contributed by atoms with van der Waals surface area (Å²) in [5.74, 6) is -1.31. The molecule has 1 heterocycles. The van der Waals surface area contributed by atoms with E-state index in [1.165, 1.54) is 0 Å². The van der Waals surface area contributed by atoms with Crippen molar-refractivity contribution in [2.24, 2.45) is 5.92 Å². The number of nitrogens with zero attached hydrogens (tertiary/aromatic N) is 1. The number of benzene rings is 1. The molecular formula is C16H16N2O3. The third-order valence-corrected chi connectivity index (χ3v) is 3.93. The number of fused-ring (bicyclic) bond motifs is 1. The number of carbonyl (C=O) groups is 2. The molecule has 0 saturated heterocycles. The summed E-state index contributed by atoms with van der Waals surface area (Å²) in [7, 11) is 0. The number of hydrogen-bond acceptors (Lipinski definition) is 3. The Bertz CT molecular complexity index is 721. The molecule has 0 unspecified atom stereocenters. The Balaban J connectivity index is 1.79. The van der Waals surface area contributed by atoms with Crippen LogP contribution in [0.3, 0.4) is 0 Å². The number of carboxylic acids is 1. The average Bonchev–Trinajstić information content (AvgIpc) is 2.40. The first kappa shape index (κ1) is 13.5. The molecule has 5 heteroatoms. The molecule has 1 aromatic carbocycles. The quantitative estimate of drug-likeness (QED) is 0.905. The standard InChI is InChI=1S/C16H16N2O3/c1-9-5-6-10-3-2-4-13(14(10)17-9)15(19)18-12-7-11(8-12)16(20)21/h2-6,11-12H,7-8H2,1H3,(H,18,19)(H,20,21). The van der Waals surface area contributed by atoms with Gasteiger partial charge in [-0.1, -0.05) is 18.2 Å². The number of hydrogen-bond donors (Lipinski definition) is 2. The summed E-state index contributed by atoms with van der Waals surface area (Å²) in [5.41, 5.74) is 2.08. The van der Waals surface area contributed by atoms with Crippen molar-refractivity contribution in [3.05, 3.63) is 41.6 Å². The van der Waals surface area contributed by atoms with Crippen molar-refractivity contribution in [2.45, 2.75) is 25.8 Å². The molecule has 1 aliphatic rings. The molecule has 1 aromatic heterocycles. The summed E-state index contributed by atoms with van der Waals surface area (Å²) in [4.78, 5) is 27.6. The van der Waals surface area contributed by atoms with Crippen LogP contribution in [0.4, 0.5) is 0 Å². The minimum Gasteiger partial charge on any atom is -0.481 e. The summed E-state index contributed by atoms with van der Waals surface area (Å²) in [5, 5.41) is 12.7. The fraction of sp³-hybridized carbons (Fsp3) is 0.312. The highest BCUT2D eigenvalue weighted by molar-refractivity contribution is 6.05. The summed E-state index contributed by atoms with van der Waals surface area (Å²) >= 11 is 0. The molecule has 0 radical (unpaired) electrons. The first-order valence-electron chi connectivity index (χ1n) is 6.94. The van der Waals surface area contributed by atoms with Crippen LogP contribution in [0.25, 0.3) is 10.9 Å². The van der Waals surface area contributed by atoms with Crippen LogP contribution in [0, 0.1) is 12.8 Å². The first-order valence-corrected chi connectivity index (χ1v) is 6.94. The smallest absolute Gasteiger partial charge is 0.306 e. The van der Waals surface area contributed by atoms with Crippen LogP contribution in [0.5, 0.6) is 0 Å². The molecule has 1 aliphatic carbocycles. The van der Waals surface area contributed by atoms with Crippen LogP contribution in [-0.2, 0) is 4.79 Å². The molecule has 0 aliphatic heterocycles. The fourth-order valence-electron chi connectivity index (χ4n) is 2.63. The number of carboxylic acid groups (broad SMARTS) is 1. The molecule has 5 nitrogen and oxygen atoms in total. The van der Waals surface area contributed by atoms with Crippen molar-refractivity contribution in [3.63, 3.8) is 0 Å². The Morgan fingerprint density at radius 3 is 2.71 bits per heavy atom. The Labute approximate surface area is 122 Å². The van der Waals surface area contributed by atoms with Gasteiger partial charge < -0.3 is 10.4 Å². The highest BCUT2D eigenvalue weighted by Crippen LogP contribution is 2.28. The maximum atomic E-state index is 12.4. The van der Waals surface area contributed by atoms with E-state index in [4.69, 9.17) is 5.11 Å². The Kier molecular flexibility index (Phi) is 3.33. The number of para-hydroxylation sites is 1. The number of aryl methyl sites for hydroxylation is 1. The molecule has 1 fully saturated rings. The van der Waals surface area contributed by atoms with Gasteiger partial charge in [-0.05, 0) is 31.9 Å². The highest BCUT2D eigenvalue weighted by atomic mass is 16.4. The predicted molar refractivity (Wildman–Crippen MR) is 78.1 cm³/mol. The van der Waals surface area contributed by atoms with Crippen molar-refractivity contribution in [2.75, 3.05) is 0 Å². The number of carbonyl (C=O) groups excluding carboxylic acids is 1. The largest absolute Gasteiger partial charge is 0.481 e. The molecule has 1 amide bonds. The van der Waals surface area contributed by atoms with E-state index in [0.29, 0.717) is 23.9 Å². The van der Waals surface area contributed by atoms with Gasteiger partial charge in [0.05, 0.1) is 17.0 Å². The van der Waals surface area contributed by atoms with Gasteiger partial charge in [0.25, 0.3) is 5.91 Å². The number of aromatic nitrogens is 1. The van der Waals surface area contributed by atoms with Crippen LogP contribution >= 0.6 is 0 Å². The zero-order valence-electron chi connectivity index (χ0n) is 11.7. The lowest BCUT2D eigenvalue weighted by molar-refractivity contribution is -0.145. The number of amides is 1. The molecule has 0 atom stereocenters. The Morgan fingerprint density at radius 1 is 1.24 bits per heavy atom. The van der Waals surface area contributed by atoms with Gasteiger partial charge in [0, 0.05) is 17.1 Å². The zero-order valence-corrected chi connectivity index (χ0v) is 11.7. The number of pyridine rings is 1. The van der Waals surface area contributed by atoms with Gasteiger partial charge in [-0.25, -0.2) is 0 Å². The normalized spacial score (nSPS) is 20.8. The van der Waals surface area contributed by atoms with Crippen LogP contribution in [0.1, 0.15) is 28.9 Å². The molecule has 21 heavy (non-hydrogen) atoms. The molecule has 3 rings (SSSR count). The molecule has 1 saturated carbocycles. The maximum absolute atomic E-state index is 12.4. The van der Waals surface area contributed by atoms with Gasteiger partial charge in [0.15, 0.2) is 0 Å². The van der Waals surface area contributed by atoms with E-state index >= 15 is 0 Å². The molecule has 108 valence electrons. The molecule has 2 N–H and O–H groups in total. The minimum absolute atomic E-state index is 0.0568. The van der Waals surface area contributed by atoms with Crippen LogP contribution in [-0.4, -0.2) is 28.0 Å². The second kappa shape index (κ2) is 5.16. The summed E-state index contributed by atoms with van der Waals surface area (Å²) in [6.45, 7) is 1.89. The number of aliphatic carboxylic acids is 1. The maximum Gasteiger partial charge on any atom is 0.306 e. The van der Waals surface area contributed by atoms with Crippen LogP contribution in [0.2, 0.25) is 0 Å². The Hall–Kier alpha value is -2.43. The van der Waals surface area contributed by atoms with E-state index in [1.54, 1.807) is 6.07 Å². The SMILES string of the molecule is Cc1ccc2cccc(C(=O)NC3CC(C(=O)O)C3)c2n1. The Morgan fingerprint density at radius 2 is 2.00 bits per heavy atom. The van der Waals surface area contributed by atoms with Gasteiger partial charge in [0.1, 0.15) is 0 Å². The fourth-order valence-corrected chi connectivity index (χ4v) is 2.63. The van der Waals surface area contributed by atoms with Crippen molar-refractivity contribution in [1.82, 2.24) is 10.3 Å². The van der Waals surface area contributed by atoms with Crippen molar-refractivity contribution >= 4 is 22.8 Å². The van der Waals surface area contributed by atoms with Crippen molar-refractivity contribution in [1.29, 1.82) is 0 Å². The lowest BCUT2D eigenvalue weighted by atomic mass is 9.80. The second-order valence-electron chi connectivity index (χ2n) is 5.51. The van der Waals surface area contributed by atoms with E-state index in [2.05, 4.69) is 10.3 Å². The van der Waals surface area contributed by atoms with Crippen molar-refractivity contribution < 1.29 is 14.7 Å². The summed E-state index contributed by atoms with van der Waals surface area (Å²) in [6.07, 6.45) is 0.997. The van der Waals surface area contributed by atoms with Gasteiger partial charge in [-0.3, -0.25) is 14.6 Å². The number of nitrogens with one attached hydrogen (secondary N) is 1. The lowest BCUT2D eigenvalue weighted by Crippen LogP contribution is -2.46. The van der Waals surface area contributed by atoms with Gasteiger partial charge in [-0.2, -0.15) is 0 Å². The van der Waals surface area contributed by atoms with Crippen LogP contribution < -0.4 is 5.32 Å². The zero-order chi connectivity index (χ0) is 15.0. The third-order valence-electron chi connectivity index (χ3n) is 3.93. The first-order chi connectivity index (χ1) is 10.0. The second-order valence-corrected chi connectivity index (χ2v) is 5.51. The third kappa shape index (κ3) is 2.59. The molecular weight excluding hydrogens is 268 g/mol. The van der Waals surface area contributed by atoms with Crippen LogP contribution in [0.15, 0.2) is 30.3 Å². The van der Waals surface area contributed by atoms with Gasteiger partial charge in [-0.15, -0.1) is 0 Å². The van der Waals surface area contributed by atoms with Gasteiger partial charge >= 0.3 is 5.97 Å². The van der Waals surface area contributed by atoms with E-state index in [1.807, 2.05) is 31.2 Å². The van der Waals surface area contributed by atoms with E-state index in [9.17, 15) is 9.59 Å². The van der Waals surface area contributed by atoms with Gasteiger partial charge in [0.2, 0.25) is 0 Å². The average molecular weight is 284 g/mol. The summed E-state index contributed by atoms with van der Waals surface area (Å²) < 4.78 is 0. The lowest BCUT2D eigenvalue weighted by Gasteiger charge is -2.32.